The molecule has 0 amide bonds. The highest BCUT2D eigenvalue weighted by Crippen LogP contribution is 2.04. The maximum absolute atomic E-state index is 5.87. The van der Waals surface area contributed by atoms with Crippen LogP contribution in [0.5, 0.6) is 0 Å². The summed E-state index contributed by atoms with van der Waals surface area (Å²) in [6.45, 7) is 5.59. The molecular weight excluding hydrogens is 158 g/mol. The van der Waals surface area contributed by atoms with E-state index in [-0.39, 0.29) is 5.54 Å². The van der Waals surface area contributed by atoms with Crippen molar-refractivity contribution in [2.45, 2.75) is 25.8 Å². The first-order valence-corrected chi connectivity index (χ1v) is 5.37. The number of ether oxygens (including phenoxy) is 1. The standard InChI is InChI=1S/C8H19NOS/c1-4-8(2,9)7-10-5-6-11-3/h4-7,9H2,1-3H3. The van der Waals surface area contributed by atoms with Gasteiger partial charge in [-0.25, -0.2) is 0 Å². The first-order valence-electron chi connectivity index (χ1n) is 3.98. The molecule has 0 aromatic carbocycles. The summed E-state index contributed by atoms with van der Waals surface area (Å²) in [5.74, 6) is 1.06. The quantitative estimate of drug-likeness (QED) is 0.624. The van der Waals surface area contributed by atoms with E-state index in [1.165, 1.54) is 0 Å². The van der Waals surface area contributed by atoms with Crippen LogP contribution in [0.15, 0.2) is 0 Å². The van der Waals surface area contributed by atoms with Gasteiger partial charge in [-0.15, -0.1) is 0 Å². The normalized spacial score (nSPS) is 16.4. The molecule has 0 aliphatic heterocycles. The van der Waals surface area contributed by atoms with Crippen molar-refractivity contribution in [2.75, 3.05) is 25.2 Å². The van der Waals surface area contributed by atoms with Gasteiger partial charge in [0.1, 0.15) is 0 Å². The van der Waals surface area contributed by atoms with Gasteiger partial charge < -0.3 is 10.5 Å². The minimum atomic E-state index is -0.140. The first-order chi connectivity index (χ1) is 5.12. The molecule has 0 rings (SSSR count). The molecule has 1 atom stereocenters. The van der Waals surface area contributed by atoms with Crippen LogP contribution in [0.3, 0.4) is 0 Å². The van der Waals surface area contributed by atoms with Crippen molar-refractivity contribution in [1.29, 1.82) is 0 Å². The fourth-order valence-corrected chi connectivity index (χ4v) is 0.834. The first kappa shape index (κ1) is 11.3. The summed E-state index contributed by atoms with van der Waals surface area (Å²) >= 11 is 1.79. The van der Waals surface area contributed by atoms with Gasteiger partial charge in [-0.3, -0.25) is 0 Å². The van der Waals surface area contributed by atoms with Crippen LogP contribution in [0.4, 0.5) is 0 Å². The lowest BCUT2D eigenvalue weighted by atomic mass is 10.0. The molecule has 0 aromatic rings. The third-order valence-corrected chi connectivity index (χ3v) is 2.25. The van der Waals surface area contributed by atoms with Crippen molar-refractivity contribution < 1.29 is 4.74 Å². The highest BCUT2D eigenvalue weighted by atomic mass is 32.2. The second kappa shape index (κ2) is 5.86. The second-order valence-electron chi connectivity index (χ2n) is 3.05. The minimum absolute atomic E-state index is 0.140. The van der Waals surface area contributed by atoms with E-state index in [1.54, 1.807) is 11.8 Å². The molecule has 2 nitrogen and oxygen atoms in total. The smallest absolute Gasteiger partial charge is 0.0643 e. The predicted molar refractivity (Wildman–Crippen MR) is 52.1 cm³/mol. The molecule has 0 fully saturated rings. The van der Waals surface area contributed by atoms with E-state index in [4.69, 9.17) is 10.5 Å². The molecule has 0 aliphatic carbocycles. The van der Waals surface area contributed by atoms with E-state index in [2.05, 4.69) is 13.2 Å². The average Bonchev–Trinajstić information content (AvgIpc) is 1.99. The monoisotopic (exact) mass is 177 g/mol. The van der Waals surface area contributed by atoms with Gasteiger partial charge in [-0.05, 0) is 19.6 Å². The molecule has 0 heterocycles. The molecule has 0 aromatic heterocycles. The SMILES string of the molecule is CCC(C)(N)COCCSC. The topological polar surface area (TPSA) is 35.2 Å². The van der Waals surface area contributed by atoms with E-state index in [1.807, 2.05) is 6.92 Å². The largest absolute Gasteiger partial charge is 0.379 e. The number of rotatable bonds is 6. The highest BCUT2D eigenvalue weighted by molar-refractivity contribution is 7.98. The Balaban J connectivity index is 3.23. The van der Waals surface area contributed by atoms with Crippen LogP contribution in [0.1, 0.15) is 20.3 Å². The lowest BCUT2D eigenvalue weighted by molar-refractivity contribution is 0.102. The zero-order chi connectivity index (χ0) is 8.74. The summed E-state index contributed by atoms with van der Waals surface area (Å²) in [6.07, 6.45) is 3.04. The van der Waals surface area contributed by atoms with Gasteiger partial charge in [0.2, 0.25) is 0 Å². The zero-order valence-electron chi connectivity index (χ0n) is 7.72. The third kappa shape index (κ3) is 6.66. The Labute approximate surface area is 73.9 Å². The van der Waals surface area contributed by atoms with Gasteiger partial charge in [0, 0.05) is 11.3 Å². The van der Waals surface area contributed by atoms with Gasteiger partial charge in [-0.1, -0.05) is 6.92 Å². The molecular formula is C8H19NOS. The number of nitrogens with two attached hydrogens (primary N) is 1. The summed E-state index contributed by atoms with van der Waals surface area (Å²) in [6, 6.07) is 0. The predicted octanol–water partition coefficient (Wildman–Crippen LogP) is 1.49. The lowest BCUT2D eigenvalue weighted by Crippen LogP contribution is -2.40. The molecule has 68 valence electrons. The Morgan fingerprint density at radius 1 is 1.55 bits per heavy atom. The maximum Gasteiger partial charge on any atom is 0.0643 e. The van der Waals surface area contributed by atoms with Crippen LogP contribution in [-0.4, -0.2) is 30.8 Å². The fourth-order valence-electron chi connectivity index (χ4n) is 0.550. The van der Waals surface area contributed by atoms with Gasteiger partial charge >= 0.3 is 0 Å². The Kier molecular flexibility index (Phi) is 6.01. The summed E-state index contributed by atoms with van der Waals surface area (Å²) in [4.78, 5) is 0. The van der Waals surface area contributed by atoms with Crippen LogP contribution < -0.4 is 5.73 Å². The lowest BCUT2D eigenvalue weighted by Gasteiger charge is -2.22. The number of thioether (sulfide) groups is 1. The Bertz CT molecular complexity index is 96.1. The molecule has 0 saturated carbocycles. The summed E-state index contributed by atoms with van der Waals surface area (Å²) in [5.41, 5.74) is 5.73. The van der Waals surface area contributed by atoms with Crippen molar-refractivity contribution in [2.24, 2.45) is 5.73 Å². The second-order valence-corrected chi connectivity index (χ2v) is 4.04. The molecule has 1 unspecified atom stereocenters. The molecule has 2 N–H and O–H groups in total. The van der Waals surface area contributed by atoms with Crippen LogP contribution in [0.25, 0.3) is 0 Å². The van der Waals surface area contributed by atoms with Crippen molar-refractivity contribution in [3.8, 4) is 0 Å². The highest BCUT2D eigenvalue weighted by Gasteiger charge is 2.14. The third-order valence-electron chi connectivity index (χ3n) is 1.67. The van der Waals surface area contributed by atoms with E-state index < -0.39 is 0 Å². The Hall–Kier alpha value is 0.270. The zero-order valence-corrected chi connectivity index (χ0v) is 8.54. The van der Waals surface area contributed by atoms with Gasteiger partial charge in [0.15, 0.2) is 0 Å². The molecule has 3 heteroatoms. The van der Waals surface area contributed by atoms with Gasteiger partial charge in [0.25, 0.3) is 0 Å². The van der Waals surface area contributed by atoms with Crippen molar-refractivity contribution in [1.82, 2.24) is 0 Å². The number of hydrogen-bond donors (Lipinski definition) is 1. The molecule has 0 radical (unpaired) electrons. The van der Waals surface area contributed by atoms with Crippen LogP contribution in [-0.2, 0) is 4.74 Å². The molecule has 0 spiro atoms. The van der Waals surface area contributed by atoms with E-state index in [0.717, 1.165) is 18.8 Å². The molecule has 0 bridgehead atoms. The van der Waals surface area contributed by atoms with Crippen LogP contribution in [0, 0.1) is 0 Å². The average molecular weight is 177 g/mol. The minimum Gasteiger partial charge on any atom is -0.379 e. The Morgan fingerprint density at radius 2 is 2.18 bits per heavy atom. The van der Waals surface area contributed by atoms with E-state index >= 15 is 0 Å². The summed E-state index contributed by atoms with van der Waals surface area (Å²) < 4.78 is 5.38. The van der Waals surface area contributed by atoms with E-state index in [9.17, 15) is 0 Å². The maximum atomic E-state index is 5.87. The Morgan fingerprint density at radius 3 is 2.64 bits per heavy atom. The molecule has 11 heavy (non-hydrogen) atoms. The van der Waals surface area contributed by atoms with Crippen LogP contribution in [0.2, 0.25) is 0 Å². The van der Waals surface area contributed by atoms with Crippen LogP contribution >= 0.6 is 11.8 Å². The fraction of sp³-hybridized carbons (Fsp3) is 1.00. The molecule has 0 aliphatic rings. The molecule has 0 saturated heterocycles. The number of hydrogen-bond acceptors (Lipinski definition) is 3. The van der Waals surface area contributed by atoms with Crippen molar-refractivity contribution >= 4 is 11.8 Å². The van der Waals surface area contributed by atoms with E-state index in [0.29, 0.717) is 6.61 Å². The van der Waals surface area contributed by atoms with Crippen molar-refractivity contribution in [3.63, 3.8) is 0 Å². The summed E-state index contributed by atoms with van der Waals surface area (Å²) in [7, 11) is 0. The van der Waals surface area contributed by atoms with Gasteiger partial charge in [-0.2, -0.15) is 11.8 Å². The van der Waals surface area contributed by atoms with Gasteiger partial charge in [0.05, 0.1) is 13.2 Å². The summed E-state index contributed by atoms with van der Waals surface area (Å²) in [5, 5.41) is 0. The van der Waals surface area contributed by atoms with Crippen molar-refractivity contribution in [3.05, 3.63) is 0 Å².